The first-order valence-corrected chi connectivity index (χ1v) is 13.0. The normalized spacial score (nSPS) is 17.6. The Balaban J connectivity index is 1.28. The van der Waals surface area contributed by atoms with Crippen LogP contribution in [0, 0.1) is 0 Å². The molecule has 0 radical (unpaired) electrons. The molecular weight excluding hydrogens is 426 g/mol. The molecule has 0 unspecified atom stereocenters. The molecule has 3 heterocycles. The Morgan fingerprint density at radius 2 is 1.97 bits per heavy atom. The number of anilines is 1. The fourth-order valence-electron chi connectivity index (χ4n) is 4.18. The smallest absolute Gasteiger partial charge is 0.240 e. The molecule has 166 valence electrons. The lowest BCUT2D eigenvalue weighted by molar-refractivity contribution is -0.123. The molecule has 0 bridgehead atoms. The van der Waals surface area contributed by atoms with Crippen molar-refractivity contribution in [2.75, 3.05) is 30.3 Å². The number of aryl methyl sites for hydroxylation is 1. The zero-order valence-corrected chi connectivity index (χ0v) is 19.8. The van der Waals surface area contributed by atoms with Crippen LogP contribution in [-0.2, 0) is 22.6 Å². The van der Waals surface area contributed by atoms with Crippen LogP contribution in [0.25, 0.3) is 0 Å². The zero-order valence-electron chi connectivity index (χ0n) is 18.1. The van der Waals surface area contributed by atoms with Crippen LogP contribution in [0.1, 0.15) is 43.0 Å². The Labute approximate surface area is 193 Å². The summed E-state index contributed by atoms with van der Waals surface area (Å²) < 4.78 is 1.17. The first-order valence-electron chi connectivity index (χ1n) is 11.2. The molecule has 1 fully saturated rings. The molecule has 2 amide bonds. The second kappa shape index (κ2) is 10.7. The van der Waals surface area contributed by atoms with Crippen LogP contribution in [0.3, 0.4) is 0 Å². The topological polar surface area (TPSA) is 52.7 Å². The van der Waals surface area contributed by atoms with Crippen molar-refractivity contribution in [3.63, 3.8) is 0 Å². The molecule has 2 aliphatic rings. The lowest BCUT2D eigenvalue weighted by Crippen LogP contribution is -2.49. The number of nitrogens with zero attached hydrogens (tertiary/aromatic N) is 2. The Kier molecular flexibility index (Phi) is 7.69. The van der Waals surface area contributed by atoms with Gasteiger partial charge in [-0.05, 0) is 37.3 Å². The van der Waals surface area contributed by atoms with Gasteiger partial charge < -0.3 is 10.2 Å². The van der Waals surface area contributed by atoms with Gasteiger partial charge >= 0.3 is 0 Å². The molecule has 7 heteroatoms. The number of benzene rings is 1. The number of carbonyl (C=O) groups is 2. The summed E-state index contributed by atoms with van der Waals surface area (Å²) in [6.07, 6.45) is 5.26. The maximum absolute atomic E-state index is 12.8. The summed E-state index contributed by atoms with van der Waals surface area (Å²) in [5, 5.41) is 3.18. The molecule has 0 atom stereocenters. The summed E-state index contributed by atoms with van der Waals surface area (Å²) in [4.78, 5) is 30.8. The molecule has 2 aromatic rings. The van der Waals surface area contributed by atoms with Gasteiger partial charge in [-0.3, -0.25) is 14.5 Å². The van der Waals surface area contributed by atoms with Gasteiger partial charge in [0.25, 0.3) is 0 Å². The van der Waals surface area contributed by atoms with E-state index in [4.69, 9.17) is 0 Å². The number of amides is 2. The Bertz CT molecular complexity index is 891. The first kappa shape index (κ1) is 22.4. The van der Waals surface area contributed by atoms with Crippen molar-refractivity contribution >= 4 is 40.6 Å². The minimum atomic E-state index is -0.0472. The molecule has 1 aromatic carbocycles. The number of carbonyl (C=O) groups excluding carboxylic acids is 2. The maximum atomic E-state index is 12.8. The van der Waals surface area contributed by atoms with E-state index >= 15 is 0 Å². The van der Waals surface area contributed by atoms with Gasteiger partial charge in [-0.2, -0.15) is 0 Å². The van der Waals surface area contributed by atoms with Gasteiger partial charge in [-0.15, -0.1) is 23.1 Å². The average molecular weight is 458 g/mol. The van der Waals surface area contributed by atoms with Crippen molar-refractivity contribution in [2.24, 2.45) is 0 Å². The summed E-state index contributed by atoms with van der Waals surface area (Å²) in [7, 11) is 0. The van der Waals surface area contributed by atoms with E-state index in [0.29, 0.717) is 5.75 Å². The molecule has 1 N–H and O–H groups in total. The molecule has 0 saturated carbocycles. The number of thioether (sulfide) groups is 1. The van der Waals surface area contributed by atoms with E-state index in [0.717, 1.165) is 57.4 Å². The molecule has 1 saturated heterocycles. The van der Waals surface area contributed by atoms with Gasteiger partial charge in [0.05, 0.1) is 15.6 Å². The van der Waals surface area contributed by atoms with Crippen molar-refractivity contribution in [1.29, 1.82) is 0 Å². The number of piperidine rings is 1. The lowest BCUT2D eigenvalue weighted by Gasteiger charge is -2.33. The van der Waals surface area contributed by atoms with E-state index in [9.17, 15) is 9.59 Å². The third-order valence-corrected chi connectivity index (χ3v) is 8.37. The summed E-state index contributed by atoms with van der Waals surface area (Å²) in [6, 6.07) is 12.8. The van der Waals surface area contributed by atoms with E-state index in [1.165, 1.54) is 14.6 Å². The molecular formula is C24H31N3O2S2. The van der Waals surface area contributed by atoms with Gasteiger partial charge in [-0.25, -0.2) is 0 Å². The molecule has 0 spiro atoms. The molecule has 31 heavy (non-hydrogen) atoms. The maximum Gasteiger partial charge on any atom is 0.240 e. The highest BCUT2D eigenvalue weighted by atomic mass is 32.2. The van der Waals surface area contributed by atoms with Gasteiger partial charge in [0.15, 0.2) is 0 Å². The van der Waals surface area contributed by atoms with Gasteiger partial charge in [0.2, 0.25) is 11.8 Å². The largest absolute Gasteiger partial charge is 0.352 e. The third kappa shape index (κ3) is 5.90. The monoisotopic (exact) mass is 457 g/mol. The van der Waals surface area contributed by atoms with Crippen LogP contribution in [-0.4, -0.2) is 48.1 Å². The molecule has 0 aliphatic carbocycles. The minimum absolute atomic E-state index is 0.0326. The Hall–Kier alpha value is -1.83. The third-order valence-electron chi connectivity index (χ3n) is 5.93. The van der Waals surface area contributed by atoms with Crippen LogP contribution >= 0.6 is 23.1 Å². The van der Waals surface area contributed by atoms with Crippen molar-refractivity contribution in [3.05, 3.63) is 46.8 Å². The standard InChI is InChI=1S/C24H31N3O2S2/c1-2-3-9-20-14-21-24(31-20)30-17-23(29)27(21)16-22(28)25-19-10-12-26(13-11-19)15-18-7-5-4-6-8-18/h4-8,14,19H,2-3,9-13,15-17H2,1H3,(H,25,28). The molecule has 4 rings (SSSR count). The predicted octanol–water partition coefficient (Wildman–Crippen LogP) is 4.31. The first-order chi connectivity index (χ1) is 15.1. The second-order valence-corrected chi connectivity index (χ2v) is 10.7. The number of fused-ring (bicyclic) bond motifs is 1. The van der Waals surface area contributed by atoms with E-state index in [2.05, 4.69) is 47.5 Å². The van der Waals surface area contributed by atoms with Crippen LogP contribution in [0.4, 0.5) is 5.69 Å². The summed E-state index contributed by atoms with van der Waals surface area (Å²) in [5.41, 5.74) is 2.27. The highest BCUT2D eigenvalue weighted by Crippen LogP contribution is 2.42. The van der Waals surface area contributed by atoms with E-state index in [-0.39, 0.29) is 24.4 Å². The van der Waals surface area contributed by atoms with Crippen LogP contribution in [0.15, 0.2) is 40.6 Å². The van der Waals surface area contributed by atoms with Crippen molar-refractivity contribution in [2.45, 2.75) is 55.8 Å². The number of hydrogen-bond donors (Lipinski definition) is 1. The number of thiophene rings is 1. The molecule has 2 aliphatic heterocycles. The SMILES string of the molecule is CCCCc1cc2c(s1)SCC(=O)N2CC(=O)NC1CCN(Cc2ccccc2)CC1. The number of likely N-dealkylation sites (tertiary alicyclic amines) is 1. The second-order valence-electron chi connectivity index (χ2n) is 8.36. The lowest BCUT2D eigenvalue weighted by atomic mass is 10.0. The summed E-state index contributed by atoms with van der Waals surface area (Å²) in [6.45, 7) is 5.24. The number of unbranched alkanes of at least 4 members (excludes halogenated alkanes) is 1. The number of rotatable bonds is 8. The Morgan fingerprint density at radius 1 is 1.19 bits per heavy atom. The summed E-state index contributed by atoms with van der Waals surface area (Å²) in [5.74, 6) is 0.408. The highest BCUT2D eigenvalue weighted by molar-refractivity contribution is 8.02. The fourth-order valence-corrected chi connectivity index (χ4v) is 6.57. The van der Waals surface area contributed by atoms with Crippen LogP contribution in [0.5, 0.6) is 0 Å². The Morgan fingerprint density at radius 3 is 2.71 bits per heavy atom. The predicted molar refractivity (Wildman–Crippen MR) is 129 cm³/mol. The molecule has 5 nitrogen and oxygen atoms in total. The van der Waals surface area contributed by atoms with Gasteiger partial charge in [0.1, 0.15) is 6.54 Å². The average Bonchev–Trinajstić information content (AvgIpc) is 3.20. The summed E-state index contributed by atoms with van der Waals surface area (Å²) >= 11 is 3.39. The van der Waals surface area contributed by atoms with Crippen molar-refractivity contribution in [3.8, 4) is 0 Å². The van der Waals surface area contributed by atoms with E-state index in [1.807, 2.05) is 6.07 Å². The number of hydrogen-bond acceptors (Lipinski definition) is 5. The fraction of sp³-hybridized carbons (Fsp3) is 0.500. The van der Waals surface area contributed by atoms with Gasteiger partial charge in [-0.1, -0.05) is 43.7 Å². The highest BCUT2D eigenvalue weighted by Gasteiger charge is 2.29. The minimum Gasteiger partial charge on any atom is -0.352 e. The zero-order chi connectivity index (χ0) is 21.6. The van der Waals surface area contributed by atoms with E-state index in [1.54, 1.807) is 28.0 Å². The molecule has 1 aromatic heterocycles. The quantitative estimate of drug-likeness (QED) is 0.642. The van der Waals surface area contributed by atoms with Crippen molar-refractivity contribution in [1.82, 2.24) is 10.2 Å². The van der Waals surface area contributed by atoms with E-state index < -0.39 is 0 Å². The van der Waals surface area contributed by atoms with Crippen molar-refractivity contribution < 1.29 is 9.59 Å². The number of nitrogens with one attached hydrogen (secondary N) is 1. The van der Waals surface area contributed by atoms with Gasteiger partial charge in [0, 0.05) is 30.6 Å². The van der Waals surface area contributed by atoms with Crippen LogP contribution < -0.4 is 10.2 Å². The van der Waals surface area contributed by atoms with Crippen LogP contribution in [0.2, 0.25) is 0 Å².